The molecule has 1 amide bonds. The van der Waals surface area contributed by atoms with Gasteiger partial charge in [0.1, 0.15) is 6.54 Å². The number of aliphatic imine (C=N–C) groups is 1. The smallest absolute Gasteiger partial charge is 0.323 e. The molecule has 0 radical (unpaired) electrons. The van der Waals surface area contributed by atoms with Gasteiger partial charge in [-0.1, -0.05) is 67.7 Å². The van der Waals surface area contributed by atoms with Gasteiger partial charge in [0.2, 0.25) is 5.91 Å². The van der Waals surface area contributed by atoms with Crippen molar-refractivity contribution in [2.45, 2.75) is 58.3 Å². The van der Waals surface area contributed by atoms with Crippen molar-refractivity contribution in [2.75, 3.05) is 13.6 Å². The van der Waals surface area contributed by atoms with Crippen molar-refractivity contribution in [3.8, 4) is 0 Å². The third-order valence-electron chi connectivity index (χ3n) is 4.02. The average molecular weight is 416 g/mol. The van der Waals surface area contributed by atoms with Crippen LogP contribution in [0.2, 0.25) is 0 Å². The van der Waals surface area contributed by atoms with Gasteiger partial charge in [0.15, 0.2) is 5.96 Å². The van der Waals surface area contributed by atoms with Crippen LogP contribution in [0.3, 0.4) is 0 Å². The molecule has 30 heavy (non-hydrogen) atoms. The molecule has 0 aliphatic heterocycles. The topological polar surface area (TPSA) is 96.0 Å². The molecule has 0 heterocycles. The molecule has 3 N–H and O–H groups in total. The molecule has 0 saturated heterocycles. The van der Waals surface area contributed by atoms with Gasteiger partial charge in [-0.05, 0) is 44.9 Å². The zero-order valence-corrected chi connectivity index (χ0v) is 18.4. The zero-order chi connectivity index (χ0) is 22.5. The van der Waals surface area contributed by atoms with Gasteiger partial charge in [-0.25, -0.2) is 0 Å². The highest BCUT2D eigenvalue weighted by atomic mass is 16.4. The quantitative estimate of drug-likeness (QED) is 0.174. The van der Waals surface area contributed by atoms with E-state index in [0.29, 0.717) is 6.42 Å². The first kappa shape index (κ1) is 27.1. The van der Waals surface area contributed by atoms with Crippen LogP contribution in [0.1, 0.15) is 58.3 Å². The zero-order valence-electron chi connectivity index (χ0n) is 18.4. The molecule has 6 nitrogen and oxygen atoms in total. The number of rotatable bonds is 15. The van der Waals surface area contributed by atoms with Gasteiger partial charge in [0.25, 0.3) is 0 Å². The number of carbonyl (C=O) groups excluding carboxylic acids is 1. The largest absolute Gasteiger partial charge is 0.480 e. The van der Waals surface area contributed by atoms with Crippen molar-refractivity contribution in [3.05, 3.63) is 60.8 Å². The number of nitrogens with two attached hydrogens (primary N) is 1. The lowest BCUT2D eigenvalue weighted by Gasteiger charge is -2.19. The van der Waals surface area contributed by atoms with Crippen molar-refractivity contribution in [1.29, 1.82) is 0 Å². The molecule has 0 rings (SSSR count). The third kappa shape index (κ3) is 16.1. The lowest BCUT2D eigenvalue weighted by Crippen LogP contribution is -2.44. The van der Waals surface area contributed by atoms with Crippen LogP contribution in [0, 0.1) is 0 Å². The van der Waals surface area contributed by atoms with Crippen LogP contribution in [0.4, 0.5) is 0 Å². The van der Waals surface area contributed by atoms with Gasteiger partial charge in [0, 0.05) is 13.5 Å². The monoisotopic (exact) mass is 415 g/mol. The summed E-state index contributed by atoms with van der Waals surface area (Å²) in [7, 11) is 1.42. The second kappa shape index (κ2) is 19.4. The number of nitrogens with zero attached hydrogens (tertiary/aromatic N) is 2. The number of amides is 1. The van der Waals surface area contributed by atoms with Crippen molar-refractivity contribution in [1.82, 2.24) is 4.90 Å². The van der Waals surface area contributed by atoms with Gasteiger partial charge in [-0.2, -0.15) is 0 Å². The maximum absolute atomic E-state index is 12.1. The maximum atomic E-state index is 12.1. The minimum absolute atomic E-state index is 0.0720. The number of aliphatic carboxylic acids is 1. The van der Waals surface area contributed by atoms with Crippen LogP contribution in [0.5, 0.6) is 0 Å². The predicted octanol–water partition coefficient (Wildman–Crippen LogP) is 4.77. The Morgan fingerprint density at radius 1 is 0.867 bits per heavy atom. The Labute approximate surface area is 181 Å². The lowest BCUT2D eigenvalue weighted by molar-refractivity contribution is -0.141. The molecule has 166 valence electrons. The highest BCUT2D eigenvalue weighted by molar-refractivity contribution is 5.98. The third-order valence-corrected chi connectivity index (χ3v) is 4.02. The van der Waals surface area contributed by atoms with Gasteiger partial charge < -0.3 is 10.8 Å². The van der Waals surface area contributed by atoms with Crippen LogP contribution >= 0.6 is 0 Å². The van der Waals surface area contributed by atoms with E-state index in [2.05, 4.69) is 66.6 Å². The van der Waals surface area contributed by atoms with E-state index in [1.54, 1.807) is 0 Å². The molecule has 0 spiro atoms. The fourth-order valence-electron chi connectivity index (χ4n) is 2.43. The fourth-order valence-corrected chi connectivity index (χ4v) is 2.43. The molecule has 6 heteroatoms. The van der Waals surface area contributed by atoms with Crippen molar-refractivity contribution >= 4 is 17.8 Å². The van der Waals surface area contributed by atoms with E-state index in [1.807, 2.05) is 6.08 Å². The summed E-state index contributed by atoms with van der Waals surface area (Å²) in [4.78, 5) is 27.6. The molecular formula is C24H37N3O3. The first-order chi connectivity index (χ1) is 14.5. The molecule has 0 atom stereocenters. The molecule has 0 aromatic rings. The number of hydrogen-bond donors (Lipinski definition) is 2. The van der Waals surface area contributed by atoms with E-state index in [1.165, 1.54) is 7.05 Å². The number of unbranched alkanes of at least 4 members (excludes halogenated alkanes) is 1. The second-order valence-electron chi connectivity index (χ2n) is 6.56. The Kier molecular flexibility index (Phi) is 17.6. The normalized spacial score (nSPS) is 12.9. The number of carboxylic acid groups (broad SMARTS) is 1. The van der Waals surface area contributed by atoms with Crippen molar-refractivity contribution < 1.29 is 14.7 Å². The first-order valence-corrected chi connectivity index (χ1v) is 10.5. The van der Waals surface area contributed by atoms with E-state index < -0.39 is 12.5 Å². The Morgan fingerprint density at radius 3 is 1.77 bits per heavy atom. The summed E-state index contributed by atoms with van der Waals surface area (Å²) < 4.78 is 0. The highest BCUT2D eigenvalue weighted by Crippen LogP contribution is 2.03. The number of guanidine groups is 1. The standard InChI is InChI=1S/C24H37N3O3/c1-3-4-5-6-7-8-9-10-11-12-13-14-15-16-17-18-19-20-22(28)27(21-23(29)30)24(25)26-2/h4-5,7-8,10-11,13-14,16-17H,3,6,9,12,15,18-21H2,1-2H3,(H2,25,26)(H,29,30)/b5-4-,8-7-,11-10-,14-13-,17-16-. The Balaban J connectivity index is 3.90. The fraction of sp³-hybridized carbons (Fsp3) is 0.458. The number of carbonyl (C=O) groups is 2. The summed E-state index contributed by atoms with van der Waals surface area (Å²) in [6, 6.07) is 0. The van der Waals surface area contributed by atoms with E-state index >= 15 is 0 Å². The molecule has 0 unspecified atom stereocenters. The summed E-state index contributed by atoms with van der Waals surface area (Å²) in [6.07, 6.45) is 27.8. The molecular weight excluding hydrogens is 378 g/mol. The van der Waals surface area contributed by atoms with E-state index in [-0.39, 0.29) is 18.3 Å². The van der Waals surface area contributed by atoms with E-state index in [9.17, 15) is 9.59 Å². The number of hydrogen-bond acceptors (Lipinski definition) is 3. The van der Waals surface area contributed by atoms with Crippen LogP contribution in [-0.4, -0.2) is 41.4 Å². The Bertz CT molecular complexity index is 659. The maximum Gasteiger partial charge on any atom is 0.323 e. The van der Waals surface area contributed by atoms with Crippen LogP contribution in [0.25, 0.3) is 0 Å². The molecule has 0 fully saturated rings. The summed E-state index contributed by atoms with van der Waals surface area (Å²) in [5, 5.41) is 8.87. The minimum Gasteiger partial charge on any atom is -0.480 e. The van der Waals surface area contributed by atoms with Crippen LogP contribution < -0.4 is 5.73 Å². The number of allylic oxidation sites excluding steroid dienone is 10. The molecule has 0 aliphatic rings. The molecule has 0 aliphatic carbocycles. The Hall–Kier alpha value is -2.89. The molecule has 0 bridgehead atoms. The highest BCUT2D eigenvalue weighted by Gasteiger charge is 2.19. The molecule has 0 saturated carbocycles. The summed E-state index contributed by atoms with van der Waals surface area (Å²) in [5.41, 5.74) is 5.59. The predicted molar refractivity (Wildman–Crippen MR) is 125 cm³/mol. The Morgan fingerprint density at radius 2 is 1.33 bits per heavy atom. The van der Waals surface area contributed by atoms with Crippen LogP contribution in [-0.2, 0) is 9.59 Å². The van der Waals surface area contributed by atoms with Gasteiger partial charge in [-0.15, -0.1) is 0 Å². The SMILES string of the molecule is CC/C=C\C/C=C\C/C=C\C/C=C\C/C=C\CCCC(=O)N(CC(=O)O)C(N)=NC. The lowest BCUT2D eigenvalue weighted by atomic mass is 10.2. The summed E-state index contributed by atoms with van der Waals surface area (Å²) >= 11 is 0. The summed E-state index contributed by atoms with van der Waals surface area (Å²) in [6.45, 7) is 1.67. The average Bonchev–Trinajstić information content (AvgIpc) is 2.73. The van der Waals surface area contributed by atoms with Crippen LogP contribution in [0.15, 0.2) is 65.8 Å². The van der Waals surface area contributed by atoms with E-state index in [4.69, 9.17) is 10.8 Å². The molecule has 0 aromatic heterocycles. The van der Waals surface area contributed by atoms with Crippen molar-refractivity contribution in [3.63, 3.8) is 0 Å². The van der Waals surface area contributed by atoms with Gasteiger partial charge >= 0.3 is 5.97 Å². The van der Waals surface area contributed by atoms with Gasteiger partial charge in [-0.3, -0.25) is 19.5 Å². The van der Waals surface area contributed by atoms with Crippen molar-refractivity contribution in [2.24, 2.45) is 10.7 Å². The summed E-state index contributed by atoms with van der Waals surface area (Å²) in [5.74, 6) is -1.52. The second-order valence-corrected chi connectivity index (χ2v) is 6.56. The van der Waals surface area contributed by atoms with E-state index in [0.717, 1.165) is 43.4 Å². The molecule has 0 aromatic carbocycles. The number of carboxylic acids is 1. The van der Waals surface area contributed by atoms with Gasteiger partial charge in [0.05, 0.1) is 0 Å². The first-order valence-electron chi connectivity index (χ1n) is 10.5. The minimum atomic E-state index is -1.12.